The molecule has 0 radical (unpaired) electrons. The van der Waals surface area contributed by atoms with Crippen molar-refractivity contribution in [1.82, 2.24) is 15.1 Å². The SMILES string of the molecule is CC(=O)Nc1cccc(OCCNC(=O)Nc2cccc(Cn3nc(C)cc3C)c2)c1. The van der Waals surface area contributed by atoms with Crippen molar-refractivity contribution < 1.29 is 14.3 Å². The number of ether oxygens (including phenoxy) is 1. The lowest BCUT2D eigenvalue weighted by Crippen LogP contribution is -2.32. The van der Waals surface area contributed by atoms with E-state index >= 15 is 0 Å². The summed E-state index contributed by atoms with van der Waals surface area (Å²) in [6.07, 6.45) is 0. The zero-order chi connectivity index (χ0) is 22.2. The molecule has 8 heteroatoms. The summed E-state index contributed by atoms with van der Waals surface area (Å²) >= 11 is 0. The van der Waals surface area contributed by atoms with Gasteiger partial charge in [0.15, 0.2) is 0 Å². The normalized spacial score (nSPS) is 10.4. The number of nitrogens with one attached hydrogen (secondary N) is 3. The minimum absolute atomic E-state index is 0.144. The van der Waals surface area contributed by atoms with Crippen LogP contribution in [0.15, 0.2) is 54.6 Å². The minimum atomic E-state index is -0.307. The molecular formula is C23H27N5O3. The van der Waals surface area contributed by atoms with Gasteiger partial charge in [0.1, 0.15) is 12.4 Å². The zero-order valence-corrected chi connectivity index (χ0v) is 17.9. The first kappa shape index (κ1) is 21.9. The van der Waals surface area contributed by atoms with Gasteiger partial charge in [-0.1, -0.05) is 18.2 Å². The highest BCUT2D eigenvalue weighted by atomic mass is 16.5. The van der Waals surface area contributed by atoms with E-state index in [4.69, 9.17) is 4.74 Å². The smallest absolute Gasteiger partial charge is 0.319 e. The van der Waals surface area contributed by atoms with Crippen molar-refractivity contribution in [2.75, 3.05) is 23.8 Å². The van der Waals surface area contributed by atoms with E-state index in [0.717, 1.165) is 17.0 Å². The van der Waals surface area contributed by atoms with Crippen LogP contribution < -0.4 is 20.7 Å². The molecule has 0 aliphatic carbocycles. The van der Waals surface area contributed by atoms with E-state index in [1.165, 1.54) is 6.92 Å². The Kier molecular flexibility index (Phi) is 7.26. The first-order chi connectivity index (χ1) is 14.9. The van der Waals surface area contributed by atoms with E-state index in [0.29, 0.717) is 36.8 Å². The zero-order valence-electron chi connectivity index (χ0n) is 17.9. The van der Waals surface area contributed by atoms with Crippen LogP contribution in [-0.4, -0.2) is 34.9 Å². The number of aromatic nitrogens is 2. The van der Waals surface area contributed by atoms with Gasteiger partial charge in [-0.2, -0.15) is 5.10 Å². The Hall–Kier alpha value is -3.81. The molecule has 3 amide bonds. The van der Waals surface area contributed by atoms with E-state index in [2.05, 4.69) is 21.0 Å². The summed E-state index contributed by atoms with van der Waals surface area (Å²) in [5.74, 6) is 0.472. The average molecular weight is 422 g/mol. The van der Waals surface area contributed by atoms with E-state index in [1.54, 1.807) is 24.3 Å². The molecule has 0 saturated carbocycles. The number of rotatable bonds is 8. The number of carbonyl (C=O) groups is 2. The largest absolute Gasteiger partial charge is 0.492 e. The fourth-order valence-corrected chi connectivity index (χ4v) is 3.13. The Morgan fingerprint density at radius 2 is 1.74 bits per heavy atom. The molecule has 3 aromatic rings. The molecule has 3 rings (SSSR count). The molecule has 0 aliphatic rings. The average Bonchev–Trinajstić information content (AvgIpc) is 3.02. The molecule has 0 atom stereocenters. The van der Waals surface area contributed by atoms with Gasteiger partial charge in [0.2, 0.25) is 5.91 Å². The first-order valence-electron chi connectivity index (χ1n) is 10.0. The lowest BCUT2D eigenvalue weighted by molar-refractivity contribution is -0.114. The number of hydrogen-bond acceptors (Lipinski definition) is 4. The molecule has 3 N–H and O–H groups in total. The maximum Gasteiger partial charge on any atom is 0.319 e. The molecule has 31 heavy (non-hydrogen) atoms. The van der Waals surface area contributed by atoms with Gasteiger partial charge in [-0.05, 0) is 49.7 Å². The van der Waals surface area contributed by atoms with Gasteiger partial charge in [0, 0.05) is 30.1 Å². The summed E-state index contributed by atoms with van der Waals surface area (Å²) in [5.41, 5.74) is 4.49. The highest BCUT2D eigenvalue weighted by Crippen LogP contribution is 2.17. The Balaban J connectivity index is 1.45. The number of amides is 3. The molecule has 0 unspecified atom stereocenters. The molecule has 0 fully saturated rings. The molecule has 8 nitrogen and oxygen atoms in total. The third kappa shape index (κ3) is 6.88. The van der Waals surface area contributed by atoms with E-state index in [9.17, 15) is 9.59 Å². The van der Waals surface area contributed by atoms with Gasteiger partial charge in [-0.3, -0.25) is 9.48 Å². The Morgan fingerprint density at radius 1 is 1.00 bits per heavy atom. The van der Waals surface area contributed by atoms with Crippen molar-refractivity contribution in [3.05, 3.63) is 71.5 Å². The van der Waals surface area contributed by atoms with Crippen LogP contribution in [0.2, 0.25) is 0 Å². The van der Waals surface area contributed by atoms with Gasteiger partial charge >= 0.3 is 6.03 Å². The monoisotopic (exact) mass is 421 g/mol. The molecule has 2 aromatic carbocycles. The maximum atomic E-state index is 12.2. The topological polar surface area (TPSA) is 97.3 Å². The van der Waals surface area contributed by atoms with Gasteiger partial charge in [0.25, 0.3) is 0 Å². The highest BCUT2D eigenvalue weighted by Gasteiger charge is 2.05. The number of urea groups is 1. The third-order valence-electron chi connectivity index (χ3n) is 4.43. The van der Waals surface area contributed by atoms with Gasteiger partial charge in [-0.15, -0.1) is 0 Å². The molecule has 0 bridgehead atoms. The number of nitrogens with zero attached hydrogens (tertiary/aromatic N) is 2. The number of carbonyl (C=O) groups excluding carboxylic acids is 2. The molecular weight excluding hydrogens is 394 g/mol. The predicted molar refractivity (Wildman–Crippen MR) is 121 cm³/mol. The molecule has 0 saturated heterocycles. The fraction of sp³-hybridized carbons (Fsp3) is 0.261. The lowest BCUT2D eigenvalue weighted by Gasteiger charge is -2.11. The third-order valence-corrected chi connectivity index (χ3v) is 4.43. The quantitative estimate of drug-likeness (QED) is 0.483. The second-order valence-electron chi connectivity index (χ2n) is 7.22. The van der Waals surface area contributed by atoms with Gasteiger partial charge in [-0.25, -0.2) is 4.79 Å². The highest BCUT2D eigenvalue weighted by molar-refractivity contribution is 5.89. The minimum Gasteiger partial charge on any atom is -0.492 e. The van der Waals surface area contributed by atoms with Crippen LogP contribution in [0.5, 0.6) is 5.75 Å². The summed E-state index contributed by atoms with van der Waals surface area (Å²) in [4.78, 5) is 23.3. The number of anilines is 2. The predicted octanol–water partition coefficient (Wildman–Crippen LogP) is 3.71. The molecule has 0 aliphatic heterocycles. The Labute approximate surface area is 181 Å². The summed E-state index contributed by atoms with van der Waals surface area (Å²) in [6.45, 7) is 6.72. The standard InChI is InChI=1S/C23H27N5O3/c1-16-12-17(2)28(27-16)15-19-6-4-7-20(13-19)26-23(30)24-10-11-31-22-9-5-8-21(14-22)25-18(3)29/h4-9,12-14H,10-11,15H2,1-3H3,(H,25,29)(H2,24,26,30). The number of hydrogen-bond donors (Lipinski definition) is 3. The van der Waals surface area contributed by atoms with Crippen LogP contribution in [0.3, 0.4) is 0 Å². The van der Waals surface area contributed by atoms with Crippen molar-refractivity contribution in [3.8, 4) is 5.75 Å². The van der Waals surface area contributed by atoms with E-state index < -0.39 is 0 Å². The lowest BCUT2D eigenvalue weighted by atomic mass is 10.2. The van der Waals surface area contributed by atoms with Gasteiger partial charge < -0.3 is 20.7 Å². The summed E-state index contributed by atoms with van der Waals surface area (Å²) < 4.78 is 7.56. The van der Waals surface area contributed by atoms with Crippen LogP contribution >= 0.6 is 0 Å². The van der Waals surface area contributed by atoms with Crippen molar-refractivity contribution in [2.24, 2.45) is 0 Å². The van der Waals surface area contributed by atoms with Crippen LogP contribution in [0.4, 0.5) is 16.2 Å². The molecule has 1 heterocycles. The number of aryl methyl sites for hydroxylation is 2. The fourth-order valence-electron chi connectivity index (χ4n) is 3.13. The Bertz CT molecular complexity index is 1060. The van der Waals surface area contributed by atoms with Crippen molar-refractivity contribution in [2.45, 2.75) is 27.3 Å². The first-order valence-corrected chi connectivity index (χ1v) is 10.0. The van der Waals surface area contributed by atoms with Crippen molar-refractivity contribution >= 4 is 23.3 Å². The van der Waals surface area contributed by atoms with Crippen LogP contribution in [0.25, 0.3) is 0 Å². The van der Waals surface area contributed by atoms with Crippen molar-refractivity contribution in [3.63, 3.8) is 0 Å². The van der Waals surface area contributed by atoms with E-state index in [1.807, 2.05) is 48.9 Å². The molecule has 1 aromatic heterocycles. The van der Waals surface area contributed by atoms with Crippen LogP contribution in [0, 0.1) is 13.8 Å². The van der Waals surface area contributed by atoms with Crippen LogP contribution in [0.1, 0.15) is 23.9 Å². The van der Waals surface area contributed by atoms with Crippen LogP contribution in [-0.2, 0) is 11.3 Å². The molecule has 162 valence electrons. The van der Waals surface area contributed by atoms with E-state index in [-0.39, 0.29) is 11.9 Å². The maximum absolute atomic E-state index is 12.2. The van der Waals surface area contributed by atoms with Gasteiger partial charge in [0.05, 0.1) is 18.8 Å². The second kappa shape index (κ2) is 10.3. The second-order valence-corrected chi connectivity index (χ2v) is 7.22. The summed E-state index contributed by atoms with van der Waals surface area (Å²) in [5, 5.41) is 12.8. The Morgan fingerprint density at radius 3 is 2.45 bits per heavy atom. The molecule has 0 spiro atoms. The number of benzene rings is 2. The summed E-state index contributed by atoms with van der Waals surface area (Å²) in [7, 11) is 0. The summed E-state index contributed by atoms with van der Waals surface area (Å²) in [6, 6.07) is 16.5. The van der Waals surface area contributed by atoms with Crippen molar-refractivity contribution in [1.29, 1.82) is 0 Å².